The number of fused-ring (bicyclic) bond motifs is 1. The number of aryl methyl sites for hydroxylation is 2. The number of nitrogens with one attached hydrogen (secondary N) is 1. The maximum absolute atomic E-state index is 12.1. The van der Waals surface area contributed by atoms with E-state index in [4.69, 9.17) is 0 Å². The summed E-state index contributed by atoms with van der Waals surface area (Å²) in [7, 11) is 0. The number of anilines is 1. The number of pyridine rings is 1. The summed E-state index contributed by atoms with van der Waals surface area (Å²) in [6, 6.07) is 11.7. The first-order chi connectivity index (χ1) is 10.1. The van der Waals surface area contributed by atoms with E-state index in [1.807, 2.05) is 60.1 Å². The highest BCUT2D eigenvalue weighted by atomic mass is 16.1. The number of hydrogen-bond donors (Lipinski definition) is 1. The van der Waals surface area contributed by atoms with Gasteiger partial charge in [0.1, 0.15) is 5.65 Å². The van der Waals surface area contributed by atoms with Crippen LogP contribution in [0.1, 0.15) is 16.8 Å². The van der Waals surface area contributed by atoms with Gasteiger partial charge in [-0.15, -0.1) is 0 Å². The fourth-order valence-corrected chi connectivity index (χ4v) is 2.26. The molecule has 0 saturated carbocycles. The summed E-state index contributed by atoms with van der Waals surface area (Å²) in [4.78, 5) is 16.5. The zero-order valence-corrected chi connectivity index (χ0v) is 12.1. The number of carbonyl (C=O) groups is 1. The van der Waals surface area contributed by atoms with E-state index in [-0.39, 0.29) is 12.3 Å². The Morgan fingerprint density at radius 1 is 1.19 bits per heavy atom. The van der Waals surface area contributed by atoms with Crippen molar-refractivity contribution in [2.45, 2.75) is 20.3 Å². The van der Waals surface area contributed by atoms with Crippen molar-refractivity contribution in [2.24, 2.45) is 0 Å². The molecule has 3 rings (SSSR count). The molecule has 0 spiro atoms. The Hall–Kier alpha value is -2.62. The molecule has 2 aromatic heterocycles. The van der Waals surface area contributed by atoms with Crippen LogP contribution in [0.25, 0.3) is 5.65 Å². The highest BCUT2D eigenvalue weighted by Gasteiger charge is 2.08. The third-order valence-electron chi connectivity index (χ3n) is 3.55. The molecule has 3 aromatic rings. The number of rotatable bonds is 3. The van der Waals surface area contributed by atoms with Crippen LogP contribution in [0.4, 0.5) is 5.69 Å². The lowest BCUT2D eigenvalue weighted by Gasteiger charge is -2.06. The van der Waals surface area contributed by atoms with Gasteiger partial charge in [-0.05, 0) is 49.2 Å². The van der Waals surface area contributed by atoms with Gasteiger partial charge in [-0.2, -0.15) is 0 Å². The highest BCUT2D eigenvalue weighted by molar-refractivity contribution is 5.92. The number of aromatic nitrogens is 2. The Bertz CT molecular complexity index is 772. The topological polar surface area (TPSA) is 46.4 Å². The van der Waals surface area contributed by atoms with Crippen LogP contribution in [0.3, 0.4) is 0 Å². The Morgan fingerprint density at radius 3 is 2.81 bits per heavy atom. The van der Waals surface area contributed by atoms with Crippen molar-refractivity contribution in [2.75, 3.05) is 5.32 Å². The van der Waals surface area contributed by atoms with Gasteiger partial charge in [0.2, 0.25) is 5.91 Å². The van der Waals surface area contributed by atoms with E-state index in [9.17, 15) is 4.79 Å². The molecule has 4 nitrogen and oxygen atoms in total. The molecule has 0 aliphatic carbocycles. The predicted octanol–water partition coefficient (Wildman–Crippen LogP) is 3.13. The second kappa shape index (κ2) is 5.40. The normalized spacial score (nSPS) is 10.8. The van der Waals surface area contributed by atoms with Gasteiger partial charge >= 0.3 is 0 Å². The predicted molar refractivity (Wildman–Crippen MR) is 83.4 cm³/mol. The van der Waals surface area contributed by atoms with Crippen molar-refractivity contribution >= 4 is 17.2 Å². The molecule has 1 N–H and O–H groups in total. The van der Waals surface area contributed by atoms with Crippen LogP contribution >= 0.6 is 0 Å². The minimum absolute atomic E-state index is 0.0540. The van der Waals surface area contributed by atoms with E-state index in [1.54, 1.807) is 0 Å². The first-order valence-electron chi connectivity index (χ1n) is 6.91. The Kier molecular flexibility index (Phi) is 3.44. The zero-order valence-electron chi connectivity index (χ0n) is 12.1. The van der Waals surface area contributed by atoms with Crippen LogP contribution in [0.5, 0.6) is 0 Å². The van der Waals surface area contributed by atoms with Crippen LogP contribution in [-0.4, -0.2) is 15.3 Å². The molecular formula is C17H17N3O. The molecule has 0 bridgehead atoms. The van der Waals surface area contributed by atoms with E-state index in [0.29, 0.717) is 0 Å². The molecule has 0 aliphatic rings. The minimum Gasteiger partial charge on any atom is -0.326 e. The molecule has 1 amide bonds. The van der Waals surface area contributed by atoms with Gasteiger partial charge < -0.3 is 9.72 Å². The lowest BCUT2D eigenvalue weighted by molar-refractivity contribution is -0.115. The van der Waals surface area contributed by atoms with Gasteiger partial charge in [-0.1, -0.05) is 12.1 Å². The average molecular weight is 279 g/mol. The number of hydrogen-bond acceptors (Lipinski definition) is 2. The summed E-state index contributed by atoms with van der Waals surface area (Å²) in [6.45, 7) is 4.09. The minimum atomic E-state index is -0.0540. The van der Waals surface area contributed by atoms with Crippen molar-refractivity contribution in [3.63, 3.8) is 0 Å². The summed E-state index contributed by atoms with van der Waals surface area (Å²) < 4.78 is 1.92. The molecule has 1 aromatic carbocycles. The van der Waals surface area contributed by atoms with Gasteiger partial charge in [0, 0.05) is 18.1 Å². The van der Waals surface area contributed by atoms with Crippen LogP contribution in [0.2, 0.25) is 0 Å². The standard InChI is InChI=1S/C17H17N3O/c1-12-6-7-14(9-13(12)2)19-17(21)10-15-11-20-8-4-3-5-16(20)18-15/h3-9,11H,10H2,1-2H3,(H,19,21). The number of carbonyl (C=O) groups excluding carboxylic acids is 1. The van der Waals surface area contributed by atoms with Crippen molar-refractivity contribution in [3.05, 3.63) is 65.6 Å². The Labute approximate surface area is 123 Å². The van der Waals surface area contributed by atoms with Crippen molar-refractivity contribution in [1.29, 1.82) is 0 Å². The van der Waals surface area contributed by atoms with Crippen LogP contribution in [0, 0.1) is 13.8 Å². The number of amides is 1. The fraction of sp³-hybridized carbons (Fsp3) is 0.176. The molecule has 0 saturated heterocycles. The van der Waals surface area contributed by atoms with Gasteiger partial charge in [0.25, 0.3) is 0 Å². The van der Waals surface area contributed by atoms with Crippen molar-refractivity contribution in [3.8, 4) is 0 Å². The number of benzene rings is 1. The molecule has 2 heterocycles. The molecule has 0 atom stereocenters. The second-order valence-corrected chi connectivity index (χ2v) is 5.22. The third kappa shape index (κ3) is 2.94. The van der Waals surface area contributed by atoms with Gasteiger partial charge in [0.05, 0.1) is 12.1 Å². The number of nitrogens with zero attached hydrogens (tertiary/aromatic N) is 2. The molecule has 21 heavy (non-hydrogen) atoms. The molecule has 4 heteroatoms. The van der Waals surface area contributed by atoms with Crippen molar-refractivity contribution in [1.82, 2.24) is 9.38 Å². The molecule has 0 aliphatic heterocycles. The summed E-state index contributed by atoms with van der Waals surface area (Å²) in [5, 5.41) is 2.91. The summed E-state index contributed by atoms with van der Waals surface area (Å²) in [6.07, 6.45) is 4.08. The maximum Gasteiger partial charge on any atom is 0.230 e. The monoisotopic (exact) mass is 279 g/mol. The average Bonchev–Trinajstić information content (AvgIpc) is 2.84. The lowest BCUT2D eigenvalue weighted by Crippen LogP contribution is -2.14. The Morgan fingerprint density at radius 2 is 2.05 bits per heavy atom. The third-order valence-corrected chi connectivity index (χ3v) is 3.55. The van der Waals surface area contributed by atoms with E-state index < -0.39 is 0 Å². The highest BCUT2D eigenvalue weighted by Crippen LogP contribution is 2.14. The summed E-state index contributed by atoms with van der Waals surface area (Å²) in [5.74, 6) is -0.0540. The van der Waals surface area contributed by atoms with E-state index in [0.717, 1.165) is 17.0 Å². The quantitative estimate of drug-likeness (QED) is 0.800. The van der Waals surface area contributed by atoms with Crippen LogP contribution < -0.4 is 5.32 Å². The maximum atomic E-state index is 12.1. The molecule has 0 fully saturated rings. The van der Waals surface area contributed by atoms with Crippen LogP contribution in [0.15, 0.2) is 48.8 Å². The second-order valence-electron chi connectivity index (χ2n) is 5.22. The summed E-state index contributed by atoms with van der Waals surface area (Å²) in [5.41, 5.74) is 4.83. The molecule has 0 unspecified atom stereocenters. The molecule has 0 radical (unpaired) electrons. The molecular weight excluding hydrogens is 262 g/mol. The van der Waals surface area contributed by atoms with Crippen LogP contribution in [-0.2, 0) is 11.2 Å². The fourth-order valence-electron chi connectivity index (χ4n) is 2.26. The van der Waals surface area contributed by atoms with E-state index >= 15 is 0 Å². The Balaban J connectivity index is 1.72. The lowest BCUT2D eigenvalue weighted by atomic mass is 10.1. The zero-order chi connectivity index (χ0) is 14.8. The first kappa shape index (κ1) is 13.4. The van der Waals surface area contributed by atoms with E-state index in [2.05, 4.69) is 17.2 Å². The van der Waals surface area contributed by atoms with Gasteiger partial charge in [0.15, 0.2) is 0 Å². The van der Waals surface area contributed by atoms with Gasteiger partial charge in [-0.3, -0.25) is 4.79 Å². The van der Waals surface area contributed by atoms with Gasteiger partial charge in [-0.25, -0.2) is 4.98 Å². The largest absolute Gasteiger partial charge is 0.326 e. The smallest absolute Gasteiger partial charge is 0.230 e. The summed E-state index contributed by atoms with van der Waals surface area (Å²) >= 11 is 0. The van der Waals surface area contributed by atoms with Crippen molar-refractivity contribution < 1.29 is 4.79 Å². The molecule has 106 valence electrons. The number of imidazole rings is 1. The SMILES string of the molecule is Cc1ccc(NC(=O)Cc2cn3ccccc3n2)cc1C. The van der Waals surface area contributed by atoms with E-state index in [1.165, 1.54) is 11.1 Å². The first-order valence-corrected chi connectivity index (χ1v) is 6.91.